The normalized spacial score (nSPS) is 12.7. The van der Waals surface area contributed by atoms with E-state index in [0.29, 0.717) is 24.9 Å². The minimum absolute atomic E-state index is 0. The highest BCUT2D eigenvalue weighted by Crippen LogP contribution is 2.17. The zero-order chi connectivity index (χ0) is 22.1. The van der Waals surface area contributed by atoms with Gasteiger partial charge < -0.3 is 25.1 Å². The van der Waals surface area contributed by atoms with Crippen molar-refractivity contribution in [2.24, 2.45) is 10.9 Å². The van der Waals surface area contributed by atoms with E-state index in [1.807, 2.05) is 65.0 Å². The molecule has 1 aromatic carbocycles. The van der Waals surface area contributed by atoms with Gasteiger partial charge in [0.25, 0.3) is 0 Å². The van der Waals surface area contributed by atoms with Gasteiger partial charge in [-0.15, -0.1) is 24.0 Å². The Balaban J connectivity index is 0.00000480. The first kappa shape index (κ1) is 26.7. The summed E-state index contributed by atoms with van der Waals surface area (Å²) in [6.45, 7) is 10.6. The first-order valence-electron chi connectivity index (χ1n) is 10.1. The standard InChI is InChI=1S/C22H33N5O3.HI/c1-15(2)18(27-21(28)30-22(3,4)5)13-25-20(23-6)24-12-17-14-29-19(26-17)16-10-8-7-9-11-16;/h7-11,14-15,18H,12-13H2,1-6H3,(H,27,28)(H2,23,24,25);1H. The van der Waals surface area contributed by atoms with Crippen molar-refractivity contribution in [2.75, 3.05) is 13.6 Å². The van der Waals surface area contributed by atoms with Crippen LogP contribution in [-0.4, -0.2) is 42.3 Å². The topological polar surface area (TPSA) is 101 Å². The maximum absolute atomic E-state index is 12.1. The van der Waals surface area contributed by atoms with Crippen molar-refractivity contribution >= 4 is 36.0 Å². The molecule has 2 rings (SSSR count). The molecule has 31 heavy (non-hydrogen) atoms. The van der Waals surface area contributed by atoms with Crippen LogP contribution in [0.3, 0.4) is 0 Å². The Labute approximate surface area is 201 Å². The average Bonchev–Trinajstić information content (AvgIpc) is 3.15. The van der Waals surface area contributed by atoms with E-state index >= 15 is 0 Å². The van der Waals surface area contributed by atoms with Gasteiger partial charge in [-0.25, -0.2) is 9.78 Å². The lowest BCUT2D eigenvalue weighted by molar-refractivity contribution is 0.0491. The lowest BCUT2D eigenvalue weighted by Gasteiger charge is -2.26. The fourth-order valence-corrected chi connectivity index (χ4v) is 2.62. The summed E-state index contributed by atoms with van der Waals surface area (Å²) < 4.78 is 10.9. The molecule has 3 N–H and O–H groups in total. The van der Waals surface area contributed by atoms with Crippen molar-refractivity contribution in [1.82, 2.24) is 20.9 Å². The summed E-state index contributed by atoms with van der Waals surface area (Å²) in [6, 6.07) is 9.63. The number of carbonyl (C=O) groups excluding carboxylic acids is 1. The largest absolute Gasteiger partial charge is 0.444 e. The van der Waals surface area contributed by atoms with E-state index in [1.54, 1.807) is 13.3 Å². The molecule has 2 aromatic rings. The maximum Gasteiger partial charge on any atom is 0.407 e. The van der Waals surface area contributed by atoms with Gasteiger partial charge in [-0.2, -0.15) is 0 Å². The lowest BCUT2D eigenvalue weighted by Crippen LogP contribution is -2.50. The SMILES string of the molecule is CN=C(NCc1coc(-c2ccccc2)n1)NCC(NC(=O)OC(C)(C)C)C(C)C.I. The summed E-state index contributed by atoms with van der Waals surface area (Å²) >= 11 is 0. The molecule has 172 valence electrons. The number of ether oxygens (including phenoxy) is 1. The number of aromatic nitrogens is 1. The monoisotopic (exact) mass is 543 g/mol. The Morgan fingerprint density at radius 3 is 2.45 bits per heavy atom. The number of halogens is 1. The number of benzene rings is 1. The van der Waals surface area contributed by atoms with E-state index in [1.165, 1.54) is 0 Å². The molecule has 1 atom stereocenters. The molecule has 0 bridgehead atoms. The Morgan fingerprint density at radius 2 is 1.87 bits per heavy atom. The van der Waals surface area contributed by atoms with E-state index in [4.69, 9.17) is 9.15 Å². The van der Waals surface area contributed by atoms with Gasteiger partial charge in [0.1, 0.15) is 11.9 Å². The fourth-order valence-electron chi connectivity index (χ4n) is 2.62. The molecule has 0 aliphatic heterocycles. The number of hydrogen-bond acceptors (Lipinski definition) is 5. The molecule has 0 fully saturated rings. The minimum Gasteiger partial charge on any atom is -0.444 e. The number of aliphatic imine (C=N–C) groups is 1. The number of nitrogens with zero attached hydrogens (tertiary/aromatic N) is 2. The van der Waals surface area contributed by atoms with Crippen LogP contribution < -0.4 is 16.0 Å². The van der Waals surface area contributed by atoms with Gasteiger partial charge in [0.05, 0.1) is 18.3 Å². The molecule has 8 nitrogen and oxygen atoms in total. The van der Waals surface area contributed by atoms with E-state index < -0.39 is 11.7 Å². The molecule has 0 aliphatic rings. The van der Waals surface area contributed by atoms with E-state index in [9.17, 15) is 4.79 Å². The number of hydrogen-bond donors (Lipinski definition) is 3. The highest BCUT2D eigenvalue weighted by atomic mass is 127. The van der Waals surface area contributed by atoms with Gasteiger partial charge in [0, 0.05) is 19.2 Å². The van der Waals surface area contributed by atoms with Gasteiger partial charge in [0.2, 0.25) is 5.89 Å². The van der Waals surface area contributed by atoms with Crippen LogP contribution in [-0.2, 0) is 11.3 Å². The molecule has 0 spiro atoms. The Bertz CT molecular complexity index is 831. The Morgan fingerprint density at radius 1 is 1.19 bits per heavy atom. The summed E-state index contributed by atoms with van der Waals surface area (Å²) in [7, 11) is 1.69. The van der Waals surface area contributed by atoms with Crippen molar-refractivity contribution in [1.29, 1.82) is 0 Å². The molecule has 0 saturated carbocycles. The molecule has 0 saturated heterocycles. The summed E-state index contributed by atoms with van der Waals surface area (Å²) in [4.78, 5) is 20.8. The third-order valence-electron chi connectivity index (χ3n) is 4.23. The van der Waals surface area contributed by atoms with Crippen molar-refractivity contribution in [3.63, 3.8) is 0 Å². The van der Waals surface area contributed by atoms with Gasteiger partial charge in [-0.1, -0.05) is 32.0 Å². The second-order valence-electron chi connectivity index (χ2n) is 8.31. The number of rotatable bonds is 7. The maximum atomic E-state index is 12.1. The highest BCUT2D eigenvalue weighted by molar-refractivity contribution is 14.0. The lowest BCUT2D eigenvalue weighted by atomic mass is 10.0. The number of nitrogens with one attached hydrogen (secondary N) is 3. The molecule has 0 radical (unpaired) electrons. The highest BCUT2D eigenvalue weighted by Gasteiger charge is 2.21. The van der Waals surface area contributed by atoms with Crippen molar-refractivity contribution < 1.29 is 13.9 Å². The van der Waals surface area contributed by atoms with Crippen LogP contribution in [0.4, 0.5) is 4.79 Å². The second kappa shape index (κ2) is 12.5. The zero-order valence-corrected chi connectivity index (χ0v) is 21.4. The number of oxazole rings is 1. The predicted octanol–water partition coefficient (Wildman–Crippen LogP) is 4.17. The van der Waals surface area contributed by atoms with Crippen LogP contribution in [0.2, 0.25) is 0 Å². The van der Waals surface area contributed by atoms with Crippen LogP contribution in [0, 0.1) is 5.92 Å². The molecular formula is C22H34IN5O3. The first-order chi connectivity index (χ1) is 14.2. The average molecular weight is 543 g/mol. The second-order valence-corrected chi connectivity index (χ2v) is 8.31. The van der Waals surface area contributed by atoms with Crippen LogP contribution >= 0.6 is 24.0 Å². The van der Waals surface area contributed by atoms with E-state index in [0.717, 1.165) is 11.3 Å². The fraction of sp³-hybridized carbons (Fsp3) is 0.500. The molecule has 1 amide bonds. The molecule has 0 aliphatic carbocycles. The third kappa shape index (κ3) is 9.58. The Kier molecular flexibility index (Phi) is 10.8. The molecule has 1 unspecified atom stereocenters. The van der Waals surface area contributed by atoms with Crippen LogP contribution in [0.15, 0.2) is 46.0 Å². The summed E-state index contributed by atoms with van der Waals surface area (Å²) in [6.07, 6.45) is 1.20. The minimum atomic E-state index is -0.535. The summed E-state index contributed by atoms with van der Waals surface area (Å²) in [5.74, 6) is 1.40. The number of alkyl carbamates (subject to hydrolysis) is 1. The van der Waals surface area contributed by atoms with Crippen molar-refractivity contribution in [2.45, 2.75) is 52.8 Å². The predicted molar refractivity (Wildman–Crippen MR) is 134 cm³/mol. The number of guanidine groups is 1. The smallest absolute Gasteiger partial charge is 0.407 e. The van der Waals surface area contributed by atoms with Gasteiger partial charge in [0.15, 0.2) is 5.96 Å². The van der Waals surface area contributed by atoms with Crippen LogP contribution in [0.5, 0.6) is 0 Å². The molecule has 1 heterocycles. The Hall–Kier alpha value is -2.30. The van der Waals surface area contributed by atoms with Crippen LogP contribution in [0.25, 0.3) is 11.5 Å². The molecule has 9 heteroatoms. The summed E-state index contributed by atoms with van der Waals surface area (Å²) in [5, 5.41) is 9.36. The quantitative estimate of drug-likeness (QED) is 0.275. The number of carbonyl (C=O) groups is 1. The van der Waals surface area contributed by atoms with Crippen molar-refractivity contribution in [3.05, 3.63) is 42.3 Å². The number of amides is 1. The van der Waals surface area contributed by atoms with Gasteiger partial charge >= 0.3 is 6.09 Å². The zero-order valence-electron chi connectivity index (χ0n) is 19.1. The van der Waals surface area contributed by atoms with Gasteiger partial charge in [-0.05, 0) is 38.8 Å². The van der Waals surface area contributed by atoms with Gasteiger partial charge in [-0.3, -0.25) is 4.99 Å². The summed E-state index contributed by atoms with van der Waals surface area (Å²) in [5.41, 5.74) is 1.16. The first-order valence-corrected chi connectivity index (χ1v) is 10.1. The third-order valence-corrected chi connectivity index (χ3v) is 4.23. The van der Waals surface area contributed by atoms with E-state index in [2.05, 4.69) is 25.9 Å². The van der Waals surface area contributed by atoms with Crippen molar-refractivity contribution in [3.8, 4) is 11.5 Å². The van der Waals surface area contributed by atoms with E-state index in [-0.39, 0.29) is 35.9 Å². The molecular weight excluding hydrogens is 509 g/mol. The molecule has 1 aromatic heterocycles. The van der Waals surface area contributed by atoms with Crippen LogP contribution in [0.1, 0.15) is 40.3 Å².